The van der Waals surface area contributed by atoms with Crippen molar-refractivity contribution in [1.29, 1.82) is 21.0 Å². The van der Waals surface area contributed by atoms with Crippen LogP contribution in [-0.2, 0) is 21.1 Å². The minimum Gasteiger partial charge on any atom is -0.339 e. The van der Waals surface area contributed by atoms with E-state index in [4.69, 9.17) is 9.98 Å². The van der Waals surface area contributed by atoms with Crippen LogP contribution in [0.5, 0.6) is 0 Å². The van der Waals surface area contributed by atoms with Gasteiger partial charge in [0.2, 0.25) is 11.6 Å². The molecular weight excluding hydrogens is 691 g/mol. The van der Waals surface area contributed by atoms with Crippen LogP contribution in [0, 0.1) is 45.3 Å². The first kappa shape index (κ1) is 30.9. The number of aliphatic imine (C=N–C) groups is 2. The number of carbonyl (C=O) groups excluding carboxylic acids is 2. The molecule has 0 bridgehead atoms. The first-order valence-electron chi connectivity index (χ1n) is 15.8. The van der Waals surface area contributed by atoms with Crippen molar-refractivity contribution in [2.45, 2.75) is 0 Å². The van der Waals surface area contributed by atoms with Gasteiger partial charge in [0, 0.05) is 55.5 Å². The third-order valence-corrected chi connectivity index (χ3v) is 12.1. The molecule has 0 saturated heterocycles. The molecule has 0 saturated carbocycles. The number of ketones is 2. The zero-order valence-electron chi connectivity index (χ0n) is 27.4. The second kappa shape index (κ2) is 10.9. The fraction of sp³-hybridized carbons (Fsp3) is 0.0769. The number of allylic oxidation sites excluding steroid dienone is 4. The third-order valence-electron chi connectivity index (χ3n) is 9.71. The zero-order valence-corrected chi connectivity index (χ0v) is 29.1. The van der Waals surface area contributed by atoms with Gasteiger partial charge in [-0.05, 0) is 11.1 Å². The van der Waals surface area contributed by atoms with Gasteiger partial charge in [-0.1, -0.05) is 48.5 Å². The molecule has 2 aliphatic rings. The Morgan fingerprint density at radius 3 is 1.29 bits per heavy atom. The summed E-state index contributed by atoms with van der Waals surface area (Å²) >= 11 is 3.23. The van der Waals surface area contributed by atoms with Crippen LogP contribution < -0.4 is 0 Å². The van der Waals surface area contributed by atoms with Crippen LogP contribution in [0.1, 0.15) is 31.8 Å². The monoisotopic (exact) mass is 709 g/mol. The van der Waals surface area contributed by atoms with Crippen LogP contribution in [0.25, 0.3) is 52.0 Å². The van der Waals surface area contributed by atoms with Crippen molar-refractivity contribution in [2.24, 2.45) is 31.1 Å². The normalized spacial score (nSPS) is 15.2. The van der Waals surface area contributed by atoms with E-state index in [9.17, 15) is 30.6 Å². The molecule has 7 aromatic rings. The molecule has 52 heavy (non-hydrogen) atoms. The number of aryl methyl sites for hydroxylation is 3. The van der Waals surface area contributed by atoms with Crippen LogP contribution in [0.2, 0.25) is 0 Å². The third kappa shape index (κ3) is 3.89. The quantitative estimate of drug-likeness (QED) is 0.165. The van der Waals surface area contributed by atoms with Crippen molar-refractivity contribution in [3.8, 4) is 24.3 Å². The fourth-order valence-corrected chi connectivity index (χ4v) is 10.1. The predicted molar refractivity (Wildman–Crippen MR) is 201 cm³/mol. The van der Waals surface area contributed by atoms with Gasteiger partial charge in [0.1, 0.15) is 58.5 Å². The molecule has 0 aliphatic heterocycles. The van der Waals surface area contributed by atoms with E-state index >= 15 is 0 Å². The van der Waals surface area contributed by atoms with Crippen LogP contribution in [0.4, 0.5) is 11.6 Å². The fourth-order valence-electron chi connectivity index (χ4n) is 7.38. The summed E-state index contributed by atoms with van der Waals surface area (Å²) in [6.45, 7) is 0. The van der Waals surface area contributed by atoms with Gasteiger partial charge < -0.3 is 13.7 Å². The van der Waals surface area contributed by atoms with E-state index < -0.39 is 0 Å². The lowest BCUT2D eigenvalue weighted by atomic mass is 10.0. The van der Waals surface area contributed by atoms with E-state index in [-0.39, 0.29) is 45.3 Å². The van der Waals surface area contributed by atoms with Crippen LogP contribution in [0.15, 0.2) is 81.8 Å². The number of nitrogens with zero attached hydrogens (tertiary/aromatic N) is 9. The molecule has 13 heteroatoms. The summed E-state index contributed by atoms with van der Waals surface area (Å²) in [5, 5.41) is 38.9. The maximum Gasteiger partial charge on any atom is 0.212 e. The van der Waals surface area contributed by atoms with Crippen molar-refractivity contribution in [1.82, 2.24) is 13.7 Å². The molecule has 0 fully saturated rings. The van der Waals surface area contributed by atoms with Crippen molar-refractivity contribution in [3.05, 3.63) is 94.1 Å². The number of aromatic nitrogens is 3. The van der Waals surface area contributed by atoms with E-state index in [0.717, 1.165) is 40.9 Å². The van der Waals surface area contributed by atoms with Crippen LogP contribution in [-0.4, -0.2) is 36.7 Å². The van der Waals surface area contributed by atoms with Gasteiger partial charge in [-0.3, -0.25) is 9.59 Å². The molecule has 244 valence electrons. The SMILES string of the molecule is Cn1c(N=C2C(=O)c3ccccc3C2=C(C#N)C#N)cc2sc3c4sc5cc(N=C6C(=O)c7ccccc7C6=C(C#N)C#N)n(C)c5c4n(C)c3c21. The maximum atomic E-state index is 13.5. The lowest BCUT2D eigenvalue weighted by molar-refractivity contribution is 0.106. The zero-order chi connectivity index (χ0) is 36.2. The summed E-state index contributed by atoms with van der Waals surface area (Å²) in [4.78, 5) is 36.6. The Bertz CT molecular complexity index is 2950. The standard InChI is InChI=1S/C39H19N9O2S2/c1-46-26(44-30-28(18(14-40)15-41)20-8-4-6-10-22(20)36(30)49)12-24-32(46)34-38(51-24)39-35(48(34)3)33-25(52-39)13-27(47(33)2)45-31-29(19(16-42)17-43)21-9-5-7-11-23(21)37(31)50/h4-13H,1-3H3. The first-order chi connectivity index (χ1) is 25.2. The number of nitriles is 4. The summed E-state index contributed by atoms with van der Waals surface area (Å²) in [7, 11) is 5.75. The molecule has 9 rings (SSSR count). The van der Waals surface area contributed by atoms with Gasteiger partial charge in [-0.2, -0.15) is 21.0 Å². The minimum absolute atomic E-state index is 0.0647. The molecule has 0 atom stereocenters. The summed E-state index contributed by atoms with van der Waals surface area (Å²) in [5.41, 5.74) is 5.94. The molecule has 5 aromatic heterocycles. The molecule has 0 radical (unpaired) electrons. The largest absolute Gasteiger partial charge is 0.339 e. The highest BCUT2D eigenvalue weighted by Gasteiger charge is 2.36. The van der Waals surface area contributed by atoms with Crippen molar-refractivity contribution >= 4 is 109 Å². The number of fused-ring (bicyclic) bond motifs is 9. The van der Waals surface area contributed by atoms with Crippen molar-refractivity contribution in [2.75, 3.05) is 0 Å². The van der Waals surface area contributed by atoms with E-state index in [1.54, 1.807) is 71.2 Å². The molecule has 0 unspecified atom stereocenters. The Balaban J connectivity index is 1.21. The highest BCUT2D eigenvalue weighted by Crippen LogP contribution is 2.49. The van der Waals surface area contributed by atoms with E-state index in [2.05, 4.69) is 4.57 Å². The van der Waals surface area contributed by atoms with E-state index in [1.807, 2.05) is 66.7 Å². The number of hydrogen-bond acceptors (Lipinski definition) is 10. The van der Waals surface area contributed by atoms with Gasteiger partial charge in [0.15, 0.2) is 0 Å². The summed E-state index contributed by atoms with van der Waals surface area (Å²) in [6.07, 6.45) is 0. The number of thiophene rings is 2. The van der Waals surface area contributed by atoms with Gasteiger partial charge in [-0.25, -0.2) is 9.98 Å². The average Bonchev–Trinajstić information content (AvgIpc) is 3.99. The van der Waals surface area contributed by atoms with E-state index in [1.165, 1.54) is 0 Å². The molecule has 0 N–H and O–H groups in total. The number of Topliss-reactive ketones (excluding diaryl/α,β-unsaturated/α-hetero) is 2. The Morgan fingerprint density at radius 2 is 0.923 bits per heavy atom. The smallest absolute Gasteiger partial charge is 0.212 e. The van der Waals surface area contributed by atoms with Gasteiger partial charge in [0.25, 0.3) is 0 Å². The topological polar surface area (TPSA) is 169 Å². The highest BCUT2D eigenvalue weighted by atomic mass is 32.1. The van der Waals surface area contributed by atoms with Gasteiger partial charge in [0.05, 0.1) is 40.9 Å². The predicted octanol–water partition coefficient (Wildman–Crippen LogP) is 7.98. The number of benzene rings is 2. The Hall–Kier alpha value is -7.16. The lowest BCUT2D eigenvalue weighted by Gasteiger charge is -2.05. The summed E-state index contributed by atoms with van der Waals surface area (Å²) < 4.78 is 10.1. The number of hydrogen-bond donors (Lipinski definition) is 0. The van der Waals surface area contributed by atoms with Gasteiger partial charge >= 0.3 is 0 Å². The van der Waals surface area contributed by atoms with Crippen molar-refractivity contribution < 1.29 is 9.59 Å². The van der Waals surface area contributed by atoms with E-state index in [0.29, 0.717) is 33.9 Å². The number of rotatable bonds is 2. The second-order valence-corrected chi connectivity index (χ2v) is 14.4. The molecule has 11 nitrogen and oxygen atoms in total. The Morgan fingerprint density at radius 1 is 0.558 bits per heavy atom. The molecule has 0 spiro atoms. The maximum absolute atomic E-state index is 13.5. The minimum atomic E-state index is -0.338. The number of carbonyl (C=O) groups is 2. The van der Waals surface area contributed by atoms with Crippen molar-refractivity contribution in [3.63, 3.8) is 0 Å². The van der Waals surface area contributed by atoms with Crippen LogP contribution in [0.3, 0.4) is 0 Å². The molecule has 5 heterocycles. The Kier molecular flexibility index (Phi) is 6.48. The molecule has 2 aromatic carbocycles. The average molecular weight is 710 g/mol. The second-order valence-electron chi connectivity index (χ2n) is 12.3. The molecular formula is C39H19N9O2S2. The Labute approximate surface area is 302 Å². The molecule has 0 amide bonds. The first-order valence-corrected chi connectivity index (χ1v) is 17.4. The van der Waals surface area contributed by atoms with Gasteiger partial charge in [-0.15, -0.1) is 22.7 Å². The highest BCUT2D eigenvalue weighted by molar-refractivity contribution is 7.33. The summed E-state index contributed by atoms with van der Waals surface area (Å²) in [6, 6.07) is 25.4. The van der Waals surface area contributed by atoms with Crippen LogP contribution >= 0.6 is 22.7 Å². The summed E-state index contributed by atoms with van der Waals surface area (Å²) in [5.74, 6) is 0.351. The lowest BCUT2D eigenvalue weighted by Crippen LogP contribution is -2.08. The molecule has 2 aliphatic carbocycles.